The fourth-order valence-corrected chi connectivity index (χ4v) is 3.56. The van der Waals surface area contributed by atoms with Crippen molar-refractivity contribution in [3.8, 4) is 17.2 Å². The van der Waals surface area contributed by atoms with Crippen LogP contribution in [0.3, 0.4) is 0 Å². The number of nitrogens with zero attached hydrogens (tertiary/aromatic N) is 3. The molecular weight excluding hydrogens is 456 g/mol. The molecule has 0 saturated carbocycles. The minimum atomic E-state index is -0.307. The highest BCUT2D eigenvalue weighted by molar-refractivity contribution is 5.94. The van der Waals surface area contributed by atoms with Crippen LogP contribution in [0.4, 0.5) is 5.82 Å². The van der Waals surface area contributed by atoms with E-state index in [2.05, 4.69) is 26.1 Å². The first-order valence-corrected chi connectivity index (χ1v) is 12.1. The Kier molecular flexibility index (Phi) is 8.74. The third-order valence-electron chi connectivity index (χ3n) is 5.44. The van der Waals surface area contributed by atoms with Crippen molar-refractivity contribution in [3.63, 3.8) is 0 Å². The molecule has 0 radical (unpaired) electrons. The highest BCUT2D eigenvalue weighted by Gasteiger charge is 2.23. The van der Waals surface area contributed by atoms with E-state index in [-0.39, 0.29) is 36.3 Å². The second-order valence-corrected chi connectivity index (χ2v) is 10.1. The Balaban J connectivity index is 1.77. The smallest absolute Gasteiger partial charge is 0.260 e. The van der Waals surface area contributed by atoms with Crippen LogP contribution in [0.5, 0.6) is 11.5 Å². The molecule has 1 heterocycles. The molecule has 3 aromatic rings. The molecular formula is C28H36N4O4. The fourth-order valence-electron chi connectivity index (χ4n) is 3.56. The maximum Gasteiger partial charge on any atom is 0.260 e. The lowest BCUT2D eigenvalue weighted by Crippen LogP contribution is -2.42. The second-order valence-electron chi connectivity index (χ2n) is 10.1. The minimum absolute atomic E-state index is 0.0895. The first-order valence-electron chi connectivity index (χ1n) is 12.1. The van der Waals surface area contributed by atoms with Crippen LogP contribution < -0.4 is 14.8 Å². The van der Waals surface area contributed by atoms with Crippen molar-refractivity contribution in [3.05, 3.63) is 66.4 Å². The molecule has 0 aliphatic heterocycles. The molecule has 8 nitrogen and oxygen atoms in total. The quantitative estimate of drug-likeness (QED) is 0.444. The molecule has 0 spiro atoms. The number of hydrogen-bond acceptors (Lipinski definition) is 5. The molecule has 0 saturated heterocycles. The molecule has 0 bridgehead atoms. The number of carbonyl (C=O) groups excluding carboxylic acids is 2. The van der Waals surface area contributed by atoms with Crippen LogP contribution in [0.25, 0.3) is 5.69 Å². The van der Waals surface area contributed by atoms with Gasteiger partial charge in [0.2, 0.25) is 5.91 Å². The van der Waals surface area contributed by atoms with Crippen LogP contribution >= 0.6 is 0 Å². The maximum absolute atomic E-state index is 13.1. The van der Waals surface area contributed by atoms with Gasteiger partial charge in [0.1, 0.15) is 23.9 Å². The van der Waals surface area contributed by atoms with Gasteiger partial charge in [0, 0.05) is 18.0 Å². The highest BCUT2D eigenvalue weighted by atomic mass is 16.5. The predicted molar refractivity (Wildman–Crippen MR) is 141 cm³/mol. The van der Waals surface area contributed by atoms with Gasteiger partial charge in [-0.05, 0) is 42.3 Å². The molecule has 0 aliphatic carbocycles. The number of nitrogens with one attached hydrogen (secondary N) is 1. The number of amides is 2. The van der Waals surface area contributed by atoms with Crippen LogP contribution in [0, 0.1) is 5.92 Å². The average molecular weight is 493 g/mol. The molecule has 3 rings (SSSR count). The fraction of sp³-hybridized carbons (Fsp3) is 0.393. The van der Waals surface area contributed by atoms with Gasteiger partial charge in [-0.3, -0.25) is 9.59 Å². The third kappa shape index (κ3) is 7.34. The molecule has 0 fully saturated rings. The molecule has 2 amide bonds. The van der Waals surface area contributed by atoms with E-state index in [1.165, 1.54) is 4.90 Å². The Morgan fingerprint density at radius 1 is 1.03 bits per heavy atom. The van der Waals surface area contributed by atoms with Gasteiger partial charge in [0.25, 0.3) is 5.91 Å². The van der Waals surface area contributed by atoms with E-state index in [0.29, 0.717) is 18.1 Å². The van der Waals surface area contributed by atoms with E-state index < -0.39 is 0 Å². The molecule has 1 aromatic heterocycles. The number of para-hydroxylation sites is 1. The zero-order valence-electron chi connectivity index (χ0n) is 21.9. The lowest BCUT2D eigenvalue weighted by molar-refractivity contribution is -0.137. The normalized spacial score (nSPS) is 11.3. The summed E-state index contributed by atoms with van der Waals surface area (Å²) in [5.74, 6) is 1.51. The van der Waals surface area contributed by atoms with Gasteiger partial charge in [0.05, 0.1) is 18.5 Å². The molecule has 36 heavy (non-hydrogen) atoms. The van der Waals surface area contributed by atoms with Crippen molar-refractivity contribution in [2.75, 3.05) is 32.1 Å². The highest BCUT2D eigenvalue weighted by Crippen LogP contribution is 2.27. The van der Waals surface area contributed by atoms with Gasteiger partial charge in [-0.25, -0.2) is 4.68 Å². The summed E-state index contributed by atoms with van der Waals surface area (Å²) >= 11 is 0. The van der Waals surface area contributed by atoms with Crippen LogP contribution in [0.2, 0.25) is 0 Å². The lowest BCUT2D eigenvalue weighted by Gasteiger charge is -2.24. The summed E-state index contributed by atoms with van der Waals surface area (Å²) in [4.78, 5) is 27.6. The average Bonchev–Trinajstić information content (AvgIpc) is 3.26. The van der Waals surface area contributed by atoms with Crippen molar-refractivity contribution in [1.29, 1.82) is 0 Å². The maximum atomic E-state index is 13.1. The van der Waals surface area contributed by atoms with E-state index in [1.54, 1.807) is 23.9 Å². The van der Waals surface area contributed by atoms with Crippen LogP contribution in [0.1, 0.15) is 40.3 Å². The Morgan fingerprint density at radius 2 is 1.69 bits per heavy atom. The number of anilines is 1. The Morgan fingerprint density at radius 3 is 2.28 bits per heavy atom. The van der Waals surface area contributed by atoms with Crippen molar-refractivity contribution in [2.24, 2.45) is 5.92 Å². The molecule has 1 N–H and O–H groups in total. The standard InChI is InChI=1S/C28H36N4O4/c1-20(2)17-31(27(34)19-36-23-10-8-7-9-11-23)18-26(33)29-25-16-24(28(3,4)5)30-32(25)21-12-14-22(35-6)15-13-21/h7-16,20H,17-19H2,1-6H3,(H,29,33). The Bertz CT molecular complexity index is 1150. The monoisotopic (exact) mass is 492 g/mol. The molecule has 192 valence electrons. The molecule has 0 aliphatic rings. The molecule has 8 heteroatoms. The van der Waals surface area contributed by atoms with Crippen molar-refractivity contribution < 1.29 is 19.1 Å². The predicted octanol–water partition coefficient (Wildman–Crippen LogP) is 4.68. The third-order valence-corrected chi connectivity index (χ3v) is 5.44. The number of aromatic nitrogens is 2. The van der Waals surface area contributed by atoms with E-state index in [9.17, 15) is 9.59 Å². The number of hydrogen-bond donors (Lipinski definition) is 1. The largest absolute Gasteiger partial charge is 0.497 e. The van der Waals surface area contributed by atoms with E-state index in [1.807, 2.05) is 62.4 Å². The summed E-state index contributed by atoms with van der Waals surface area (Å²) in [6.07, 6.45) is 0. The number of rotatable bonds is 10. The van der Waals surface area contributed by atoms with Gasteiger partial charge in [0.15, 0.2) is 6.61 Å². The van der Waals surface area contributed by atoms with Gasteiger partial charge in [-0.1, -0.05) is 52.8 Å². The minimum Gasteiger partial charge on any atom is -0.497 e. The summed E-state index contributed by atoms with van der Waals surface area (Å²) in [6.45, 7) is 10.4. The van der Waals surface area contributed by atoms with Gasteiger partial charge < -0.3 is 19.7 Å². The topological polar surface area (TPSA) is 85.7 Å². The van der Waals surface area contributed by atoms with E-state index in [0.717, 1.165) is 17.1 Å². The summed E-state index contributed by atoms with van der Waals surface area (Å²) < 4.78 is 12.6. The number of ether oxygens (including phenoxy) is 2. The molecule has 2 aromatic carbocycles. The van der Waals surface area contributed by atoms with Gasteiger partial charge >= 0.3 is 0 Å². The first kappa shape index (κ1) is 26.8. The molecule has 0 atom stereocenters. The van der Waals surface area contributed by atoms with Crippen molar-refractivity contribution >= 4 is 17.6 Å². The number of methoxy groups -OCH3 is 1. The van der Waals surface area contributed by atoms with Crippen LogP contribution in [-0.2, 0) is 15.0 Å². The van der Waals surface area contributed by atoms with E-state index in [4.69, 9.17) is 14.6 Å². The van der Waals surface area contributed by atoms with E-state index >= 15 is 0 Å². The number of carbonyl (C=O) groups is 2. The lowest BCUT2D eigenvalue weighted by atomic mass is 9.92. The number of benzene rings is 2. The summed E-state index contributed by atoms with van der Waals surface area (Å²) in [5, 5.41) is 7.70. The summed E-state index contributed by atoms with van der Waals surface area (Å²) in [7, 11) is 1.61. The van der Waals surface area contributed by atoms with Crippen molar-refractivity contribution in [1.82, 2.24) is 14.7 Å². The van der Waals surface area contributed by atoms with Crippen LogP contribution in [0.15, 0.2) is 60.7 Å². The van der Waals surface area contributed by atoms with Gasteiger partial charge in [-0.2, -0.15) is 5.10 Å². The Hall–Kier alpha value is -3.81. The first-order chi connectivity index (χ1) is 17.1. The summed E-state index contributed by atoms with van der Waals surface area (Å²) in [5.41, 5.74) is 1.40. The van der Waals surface area contributed by atoms with Crippen molar-refractivity contribution in [2.45, 2.75) is 40.0 Å². The zero-order valence-corrected chi connectivity index (χ0v) is 21.9. The second kappa shape index (κ2) is 11.7. The summed E-state index contributed by atoms with van der Waals surface area (Å²) in [6, 6.07) is 18.5. The van der Waals surface area contributed by atoms with Crippen LogP contribution in [-0.4, -0.2) is 53.3 Å². The van der Waals surface area contributed by atoms with Gasteiger partial charge in [-0.15, -0.1) is 0 Å². The SMILES string of the molecule is COc1ccc(-n2nc(C(C)(C)C)cc2NC(=O)CN(CC(C)C)C(=O)COc2ccccc2)cc1. The molecule has 0 unspecified atom stereocenters. The Labute approximate surface area is 213 Å². The zero-order chi connectivity index (χ0) is 26.3.